The van der Waals surface area contributed by atoms with Crippen LogP contribution in [0.5, 0.6) is 0 Å². The van der Waals surface area contributed by atoms with Crippen LogP contribution in [0, 0.1) is 5.92 Å². The van der Waals surface area contributed by atoms with Crippen LogP contribution in [0.1, 0.15) is 33.1 Å². The Morgan fingerprint density at radius 2 is 1.94 bits per heavy atom. The first-order chi connectivity index (χ1) is 7.13. The van der Waals surface area contributed by atoms with Crippen molar-refractivity contribution in [1.29, 1.82) is 0 Å². The van der Waals surface area contributed by atoms with Crippen LogP contribution in [0.15, 0.2) is 11.3 Å². The van der Waals surface area contributed by atoms with Gasteiger partial charge < -0.3 is 4.18 Å². The molecule has 0 aromatic carbocycles. The third-order valence-corrected chi connectivity index (χ3v) is 3.48. The molecule has 1 unspecified atom stereocenters. The van der Waals surface area contributed by atoms with Crippen molar-refractivity contribution in [3.05, 3.63) is 11.3 Å². The molecule has 1 aliphatic carbocycles. The predicted octanol–water partition coefficient (Wildman–Crippen LogP) is 2.95. The van der Waals surface area contributed by atoms with Gasteiger partial charge in [-0.05, 0) is 31.3 Å². The lowest BCUT2D eigenvalue weighted by molar-refractivity contribution is -0.0525. The summed E-state index contributed by atoms with van der Waals surface area (Å²) < 4.78 is 61.8. The van der Waals surface area contributed by atoms with Gasteiger partial charge in [0.1, 0.15) is 5.76 Å². The van der Waals surface area contributed by atoms with Crippen molar-refractivity contribution in [3.8, 4) is 0 Å². The van der Waals surface area contributed by atoms with Gasteiger partial charge in [-0.25, -0.2) is 0 Å². The van der Waals surface area contributed by atoms with E-state index < -0.39 is 15.6 Å². The van der Waals surface area contributed by atoms with E-state index >= 15 is 0 Å². The molecule has 0 N–H and O–H groups in total. The van der Waals surface area contributed by atoms with Gasteiger partial charge in [-0.1, -0.05) is 6.92 Å². The van der Waals surface area contributed by atoms with Crippen LogP contribution in [0.4, 0.5) is 13.2 Å². The van der Waals surface area contributed by atoms with E-state index in [0.29, 0.717) is 24.3 Å². The maximum absolute atomic E-state index is 12.1. The normalized spacial score (nSPS) is 23.4. The molecule has 1 aliphatic rings. The van der Waals surface area contributed by atoms with E-state index in [0.717, 1.165) is 0 Å². The van der Waals surface area contributed by atoms with E-state index in [1.54, 1.807) is 6.92 Å². The molecular formula is C9H13F3O3S. The van der Waals surface area contributed by atoms with Crippen molar-refractivity contribution in [2.24, 2.45) is 5.92 Å². The summed E-state index contributed by atoms with van der Waals surface area (Å²) in [5.41, 5.74) is -4.78. The van der Waals surface area contributed by atoms with Crippen molar-refractivity contribution in [1.82, 2.24) is 0 Å². The first kappa shape index (κ1) is 13.3. The Morgan fingerprint density at radius 1 is 1.38 bits per heavy atom. The van der Waals surface area contributed by atoms with Crippen LogP contribution < -0.4 is 0 Å². The van der Waals surface area contributed by atoms with Gasteiger partial charge >= 0.3 is 15.6 Å². The third-order valence-electron chi connectivity index (χ3n) is 2.49. The summed E-state index contributed by atoms with van der Waals surface area (Å²) in [4.78, 5) is 0. The standard InChI is InChI=1S/C9H13F3O3S/c1-6-3-4-8(7(2)5-6)15-16(13,14)9(10,11)12/h6H,3-5H2,1-2H3. The average molecular weight is 258 g/mol. The lowest BCUT2D eigenvalue weighted by atomic mass is 9.90. The maximum atomic E-state index is 12.1. The Bertz CT molecular complexity index is 395. The van der Waals surface area contributed by atoms with Gasteiger partial charge in [0.15, 0.2) is 0 Å². The summed E-state index contributed by atoms with van der Waals surface area (Å²) in [7, 11) is -5.51. The largest absolute Gasteiger partial charge is 0.534 e. The van der Waals surface area contributed by atoms with Crippen LogP contribution in [-0.4, -0.2) is 13.9 Å². The molecule has 0 aromatic heterocycles. The monoisotopic (exact) mass is 258 g/mol. The Kier molecular flexibility index (Phi) is 3.56. The van der Waals surface area contributed by atoms with Crippen LogP contribution >= 0.6 is 0 Å². The highest BCUT2D eigenvalue weighted by atomic mass is 32.2. The fourth-order valence-corrected chi connectivity index (χ4v) is 2.21. The molecule has 16 heavy (non-hydrogen) atoms. The molecule has 1 rings (SSSR count). The lowest BCUT2D eigenvalue weighted by Crippen LogP contribution is -2.26. The molecule has 0 aromatic rings. The van der Waals surface area contributed by atoms with Gasteiger partial charge in [-0.2, -0.15) is 21.6 Å². The minimum atomic E-state index is -5.51. The summed E-state index contributed by atoms with van der Waals surface area (Å²) >= 11 is 0. The Hall–Kier alpha value is -0.720. The minimum absolute atomic E-state index is 0.0598. The highest BCUT2D eigenvalue weighted by molar-refractivity contribution is 7.87. The molecule has 3 nitrogen and oxygen atoms in total. The van der Waals surface area contributed by atoms with Gasteiger partial charge in [0.2, 0.25) is 0 Å². The Labute approximate surface area is 92.4 Å². The molecule has 0 amide bonds. The van der Waals surface area contributed by atoms with Gasteiger partial charge in [-0.15, -0.1) is 0 Å². The van der Waals surface area contributed by atoms with Gasteiger partial charge in [0.05, 0.1) is 0 Å². The van der Waals surface area contributed by atoms with E-state index in [-0.39, 0.29) is 12.2 Å². The second-order valence-corrected chi connectivity index (χ2v) is 5.57. The molecule has 0 aliphatic heterocycles. The molecule has 0 saturated carbocycles. The molecule has 94 valence electrons. The summed E-state index contributed by atoms with van der Waals surface area (Å²) in [6.45, 7) is 3.55. The van der Waals surface area contributed by atoms with Gasteiger partial charge in [0, 0.05) is 6.42 Å². The molecule has 0 radical (unpaired) electrons. The van der Waals surface area contributed by atoms with Crippen molar-refractivity contribution in [2.75, 3.05) is 0 Å². The summed E-state index contributed by atoms with van der Waals surface area (Å²) in [5.74, 6) is 0.288. The second-order valence-electron chi connectivity index (χ2n) is 4.03. The number of rotatable bonds is 2. The summed E-state index contributed by atoms with van der Waals surface area (Å²) in [5, 5.41) is 0. The van der Waals surface area contributed by atoms with Gasteiger partial charge in [0.25, 0.3) is 0 Å². The molecule has 1 atom stereocenters. The molecule has 0 fully saturated rings. The first-order valence-electron chi connectivity index (χ1n) is 4.83. The second kappa shape index (κ2) is 4.27. The van der Waals surface area contributed by atoms with Crippen LogP contribution in [0.3, 0.4) is 0 Å². The van der Waals surface area contributed by atoms with E-state index in [1.807, 2.05) is 6.92 Å². The van der Waals surface area contributed by atoms with Crippen LogP contribution in [0.2, 0.25) is 0 Å². The lowest BCUT2D eigenvalue weighted by Gasteiger charge is -2.22. The SMILES string of the molecule is CC1=C(OS(=O)(=O)C(F)(F)F)CCC(C)C1. The Morgan fingerprint density at radius 3 is 2.38 bits per heavy atom. The number of hydrogen-bond donors (Lipinski definition) is 0. The van der Waals surface area contributed by atoms with E-state index in [2.05, 4.69) is 4.18 Å². The third kappa shape index (κ3) is 2.90. The minimum Gasteiger partial charge on any atom is -0.381 e. The molecule has 0 heterocycles. The zero-order valence-electron chi connectivity index (χ0n) is 8.97. The zero-order valence-corrected chi connectivity index (χ0v) is 9.78. The molecule has 0 saturated heterocycles. The fourth-order valence-electron chi connectivity index (χ4n) is 1.62. The van der Waals surface area contributed by atoms with E-state index in [9.17, 15) is 21.6 Å². The van der Waals surface area contributed by atoms with Gasteiger partial charge in [-0.3, -0.25) is 0 Å². The topological polar surface area (TPSA) is 43.4 Å². The number of hydrogen-bond acceptors (Lipinski definition) is 3. The van der Waals surface area contributed by atoms with Crippen LogP contribution in [0.25, 0.3) is 0 Å². The zero-order chi connectivity index (χ0) is 12.6. The molecule has 7 heteroatoms. The van der Waals surface area contributed by atoms with Crippen molar-refractivity contribution >= 4 is 10.1 Å². The van der Waals surface area contributed by atoms with Crippen LogP contribution in [-0.2, 0) is 14.3 Å². The number of alkyl halides is 3. The summed E-state index contributed by atoms with van der Waals surface area (Å²) in [6.07, 6.45) is 1.45. The van der Waals surface area contributed by atoms with E-state index in [1.165, 1.54) is 0 Å². The van der Waals surface area contributed by atoms with E-state index in [4.69, 9.17) is 0 Å². The summed E-state index contributed by atoms with van der Waals surface area (Å²) in [6, 6.07) is 0. The first-order valence-corrected chi connectivity index (χ1v) is 6.23. The van der Waals surface area contributed by atoms with Crippen molar-refractivity contribution in [3.63, 3.8) is 0 Å². The molecular weight excluding hydrogens is 245 g/mol. The number of halogens is 3. The number of allylic oxidation sites excluding steroid dienone is 2. The quantitative estimate of drug-likeness (QED) is 0.565. The maximum Gasteiger partial charge on any atom is 0.534 e. The predicted molar refractivity (Wildman–Crippen MR) is 51.8 cm³/mol. The van der Waals surface area contributed by atoms with Crippen molar-refractivity contribution in [2.45, 2.75) is 38.6 Å². The smallest absolute Gasteiger partial charge is 0.381 e. The fraction of sp³-hybridized carbons (Fsp3) is 0.778. The average Bonchev–Trinajstić information content (AvgIpc) is 2.08. The molecule has 0 spiro atoms. The highest BCUT2D eigenvalue weighted by Crippen LogP contribution is 2.34. The Balaban J connectivity index is 2.87. The molecule has 0 bridgehead atoms. The highest BCUT2D eigenvalue weighted by Gasteiger charge is 2.49. The van der Waals surface area contributed by atoms with Crippen molar-refractivity contribution < 1.29 is 25.8 Å².